The number of aliphatic imine (C=N–C) groups is 1. The highest BCUT2D eigenvalue weighted by molar-refractivity contribution is 14.0. The minimum atomic E-state index is -0.520. The Labute approximate surface area is 157 Å². The molecule has 0 rings (SSSR count). The van der Waals surface area contributed by atoms with Crippen LogP contribution in [-0.2, 0) is 9.47 Å². The third-order valence-corrected chi connectivity index (χ3v) is 2.53. The molecule has 8 heteroatoms. The molecule has 0 aromatic rings. The number of nitrogens with one attached hydrogen (secondary N) is 1. The van der Waals surface area contributed by atoms with Gasteiger partial charge in [-0.25, -0.2) is 4.79 Å². The van der Waals surface area contributed by atoms with Crippen LogP contribution in [0.5, 0.6) is 0 Å². The molecule has 7 nitrogen and oxygen atoms in total. The monoisotopic (exact) mass is 444 g/mol. The van der Waals surface area contributed by atoms with Crippen LogP contribution >= 0.6 is 24.0 Å². The summed E-state index contributed by atoms with van der Waals surface area (Å²) in [4.78, 5) is 17.9. The smallest absolute Gasteiger partial charge is 0.410 e. The van der Waals surface area contributed by atoms with E-state index in [1.807, 2.05) is 20.8 Å². The second-order valence-corrected chi connectivity index (χ2v) is 6.51. The summed E-state index contributed by atoms with van der Waals surface area (Å²) in [6, 6.07) is 0. The van der Waals surface area contributed by atoms with Gasteiger partial charge >= 0.3 is 6.09 Å². The van der Waals surface area contributed by atoms with Gasteiger partial charge in [-0.1, -0.05) is 13.8 Å². The number of nitrogens with zero attached hydrogens (tertiary/aromatic N) is 2. The summed E-state index contributed by atoms with van der Waals surface area (Å²) in [5.41, 5.74) is 5.25. The molecular formula is C15H33IN4O3. The van der Waals surface area contributed by atoms with Crippen molar-refractivity contribution < 1.29 is 14.3 Å². The van der Waals surface area contributed by atoms with Crippen LogP contribution in [0.3, 0.4) is 0 Å². The Morgan fingerprint density at radius 3 is 2.39 bits per heavy atom. The molecule has 0 aromatic carbocycles. The number of nitrogens with two attached hydrogens (primary N) is 1. The van der Waals surface area contributed by atoms with Crippen molar-refractivity contribution in [1.29, 1.82) is 0 Å². The molecule has 0 bridgehead atoms. The highest BCUT2D eigenvalue weighted by Gasteiger charge is 2.21. The fraction of sp³-hybridized carbons (Fsp3) is 0.867. The lowest BCUT2D eigenvalue weighted by Crippen LogP contribution is -2.44. The van der Waals surface area contributed by atoms with Gasteiger partial charge in [0.2, 0.25) is 0 Å². The fourth-order valence-corrected chi connectivity index (χ4v) is 1.48. The van der Waals surface area contributed by atoms with Crippen LogP contribution in [-0.4, -0.2) is 62.4 Å². The van der Waals surface area contributed by atoms with Crippen molar-refractivity contribution in [3.05, 3.63) is 0 Å². The number of hydrogen-bond donors (Lipinski definition) is 2. The van der Waals surface area contributed by atoms with Crippen LogP contribution in [0, 0.1) is 5.92 Å². The van der Waals surface area contributed by atoms with Crippen LogP contribution in [0.2, 0.25) is 0 Å². The first-order chi connectivity index (χ1) is 10.2. The first kappa shape index (κ1) is 24.5. The number of rotatable bonds is 8. The lowest BCUT2D eigenvalue weighted by molar-refractivity contribution is 0.0206. The SMILES string of the molecule is COCCN(CCNC(N)=NCC(C)C)C(=O)OC(C)(C)C.I. The number of carbonyl (C=O) groups excluding carboxylic acids is 1. The largest absolute Gasteiger partial charge is 0.444 e. The highest BCUT2D eigenvalue weighted by Crippen LogP contribution is 2.09. The van der Waals surface area contributed by atoms with E-state index in [-0.39, 0.29) is 30.1 Å². The van der Waals surface area contributed by atoms with E-state index in [0.29, 0.717) is 44.7 Å². The number of halogens is 1. The highest BCUT2D eigenvalue weighted by atomic mass is 127. The molecule has 0 fully saturated rings. The number of amides is 1. The van der Waals surface area contributed by atoms with E-state index in [2.05, 4.69) is 24.2 Å². The first-order valence-corrected chi connectivity index (χ1v) is 7.66. The Kier molecular flexibility index (Phi) is 13.4. The molecule has 1 amide bonds. The Morgan fingerprint density at radius 2 is 1.91 bits per heavy atom. The van der Waals surface area contributed by atoms with Crippen molar-refractivity contribution in [2.45, 2.75) is 40.2 Å². The second kappa shape index (κ2) is 12.6. The summed E-state index contributed by atoms with van der Waals surface area (Å²) in [5, 5.41) is 3.00. The molecule has 138 valence electrons. The summed E-state index contributed by atoms with van der Waals surface area (Å²) in [5.74, 6) is 0.852. The van der Waals surface area contributed by atoms with Gasteiger partial charge < -0.3 is 25.4 Å². The minimum Gasteiger partial charge on any atom is -0.444 e. The van der Waals surface area contributed by atoms with Gasteiger partial charge in [0.1, 0.15) is 5.60 Å². The predicted octanol–water partition coefficient (Wildman–Crippen LogP) is 2.05. The van der Waals surface area contributed by atoms with Crippen molar-refractivity contribution in [2.75, 3.05) is 39.9 Å². The Balaban J connectivity index is 0. The van der Waals surface area contributed by atoms with E-state index in [0.717, 1.165) is 0 Å². The Hall–Kier alpha value is -0.770. The van der Waals surface area contributed by atoms with Crippen molar-refractivity contribution in [3.63, 3.8) is 0 Å². The molecule has 0 aromatic heterocycles. The van der Waals surface area contributed by atoms with E-state index >= 15 is 0 Å². The van der Waals surface area contributed by atoms with Crippen molar-refractivity contribution in [2.24, 2.45) is 16.6 Å². The summed E-state index contributed by atoms with van der Waals surface area (Å²) in [6.45, 7) is 12.3. The molecule has 3 N–H and O–H groups in total. The fourth-order valence-electron chi connectivity index (χ4n) is 1.48. The number of methoxy groups -OCH3 is 1. The molecule has 0 atom stereocenters. The summed E-state index contributed by atoms with van der Waals surface area (Å²) in [6.07, 6.45) is -0.357. The lowest BCUT2D eigenvalue weighted by atomic mass is 10.2. The van der Waals surface area contributed by atoms with E-state index in [1.54, 1.807) is 12.0 Å². The third kappa shape index (κ3) is 14.5. The first-order valence-electron chi connectivity index (χ1n) is 7.66. The topological polar surface area (TPSA) is 89.2 Å². The number of guanidine groups is 1. The van der Waals surface area contributed by atoms with Crippen LogP contribution < -0.4 is 11.1 Å². The zero-order valence-electron chi connectivity index (χ0n) is 15.2. The van der Waals surface area contributed by atoms with Crippen molar-refractivity contribution in [1.82, 2.24) is 10.2 Å². The molecule has 0 aliphatic carbocycles. The van der Waals surface area contributed by atoms with Crippen LogP contribution in [0.1, 0.15) is 34.6 Å². The maximum Gasteiger partial charge on any atom is 0.410 e. The number of ether oxygens (including phenoxy) is 2. The average molecular weight is 444 g/mol. The van der Waals surface area contributed by atoms with Gasteiger partial charge in [-0.3, -0.25) is 4.99 Å². The Bertz CT molecular complexity index is 357. The normalized spacial score (nSPS) is 11.9. The Morgan fingerprint density at radius 1 is 1.30 bits per heavy atom. The van der Waals surface area contributed by atoms with Gasteiger partial charge in [-0.15, -0.1) is 24.0 Å². The molecule has 0 aliphatic rings. The average Bonchev–Trinajstić information content (AvgIpc) is 2.38. The molecular weight excluding hydrogens is 411 g/mol. The van der Waals surface area contributed by atoms with Gasteiger partial charge in [0.05, 0.1) is 6.61 Å². The molecule has 0 spiro atoms. The molecule has 0 saturated heterocycles. The zero-order chi connectivity index (χ0) is 17.2. The van der Waals surface area contributed by atoms with Gasteiger partial charge in [-0.2, -0.15) is 0 Å². The van der Waals surface area contributed by atoms with Crippen LogP contribution in [0.15, 0.2) is 4.99 Å². The predicted molar refractivity (Wildman–Crippen MR) is 104 cm³/mol. The van der Waals surface area contributed by atoms with Crippen LogP contribution in [0.25, 0.3) is 0 Å². The lowest BCUT2D eigenvalue weighted by Gasteiger charge is -2.27. The molecule has 0 unspecified atom stereocenters. The van der Waals surface area contributed by atoms with E-state index < -0.39 is 5.60 Å². The number of carbonyl (C=O) groups is 1. The molecule has 0 saturated carbocycles. The van der Waals surface area contributed by atoms with Crippen LogP contribution in [0.4, 0.5) is 4.79 Å². The van der Waals surface area contributed by atoms with E-state index in [4.69, 9.17) is 15.2 Å². The summed E-state index contributed by atoms with van der Waals surface area (Å²) in [7, 11) is 1.60. The van der Waals surface area contributed by atoms with E-state index in [1.165, 1.54) is 0 Å². The van der Waals surface area contributed by atoms with Crippen molar-refractivity contribution >= 4 is 36.0 Å². The molecule has 0 radical (unpaired) electrons. The van der Waals surface area contributed by atoms with Crippen molar-refractivity contribution in [3.8, 4) is 0 Å². The van der Waals surface area contributed by atoms with Gasteiger partial charge in [0.25, 0.3) is 0 Å². The maximum atomic E-state index is 12.1. The second-order valence-electron chi connectivity index (χ2n) is 6.51. The maximum absolute atomic E-state index is 12.1. The van der Waals surface area contributed by atoms with Gasteiger partial charge in [0.15, 0.2) is 5.96 Å². The summed E-state index contributed by atoms with van der Waals surface area (Å²) < 4.78 is 10.4. The molecule has 23 heavy (non-hydrogen) atoms. The standard InChI is InChI=1S/C15H32N4O3.HI/c1-12(2)11-18-13(16)17-7-8-19(9-10-21-6)14(20)22-15(3,4)5;/h12H,7-11H2,1-6H3,(H3,16,17,18);1H. The minimum absolute atomic E-state index is 0. The molecule has 0 aliphatic heterocycles. The van der Waals surface area contributed by atoms with E-state index in [9.17, 15) is 4.79 Å². The quantitative estimate of drug-likeness (QED) is 0.340. The third-order valence-electron chi connectivity index (χ3n) is 2.53. The zero-order valence-corrected chi connectivity index (χ0v) is 17.5. The van der Waals surface area contributed by atoms with Gasteiger partial charge in [-0.05, 0) is 26.7 Å². The van der Waals surface area contributed by atoms with Gasteiger partial charge in [0, 0.05) is 33.3 Å². The summed E-state index contributed by atoms with van der Waals surface area (Å²) >= 11 is 0. The number of hydrogen-bond acceptors (Lipinski definition) is 4. The molecule has 0 heterocycles.